The Labute approximate surface area is 113 Å². The highest BCUT2D eigenvalue weighted by molar-refractivity contribution is 5.78. The van der Waals surface area contributed by atoms with Crippen molar-refractivity contribution in [1.29, 1.82) is 0 Å². The Morgan fingerprint density at radius 3 is 2.42 bits per heavy atom. The highest BCUT2D eigenvalue weighted by Gasteiger charge is 2.39. The van der Waals surface area contributed by atoms with Gasteiger partial charge in [0.25, 0.3) is 0 Å². The summed E-state index contributed by atoms with van der Waals surface area (Å²) < 4.78 is 5.73. The number of benzene rings is 1. The molecule has 0 bridgehead atoms. The van der Waals surface area contributed by atoms with Gasteiger partial charge in [-0.05, 0) is 25.0 Å². The lowest BCUT2D eigenvalue weighted by molar-refractivity contribution is -0.156. The van der Waals surface area contributed by atoms with E-state index in [2.05, 4.69) is 0 Å². The van der Waals surface area contributed by atoms with Crippen LogP contribution in [0.2, 0.25) is 0 Å². The quantitative estimate of drug-likeness (QED) is 0.732. The van der Waals surface area contributed by atoms with Gasteiger partial charge in [-0.2, -0.15) is 0 Å². The Kier molecular flexibility index (Phi) is 5.55. The van der Waals surface area contributed by atoms with E-state index in [-0.39, 0.29) is 0 Å². The first kappa shape index (κ1) is 15.2. The molecule has 1 rings (SSSR count). The van der Waals surface area contributed by atoms with Crippen LogP contribution in [0.15, 0.2) is 24.3 Å². The van der Waals surface area contributed by atoms with Crippen molar-refractivity contribution in [3.63, 3.8) is 0 Å². The first-order valence-corrected chi connectivity index (χ1v) is 6.55. The van der Waals surface area contributed by atoms with E-state index in [0.29, 0.717) is 24.2 Å². The molecule has 1 aromatic carbocycles. The lowest BCUT2D eigenvalue weighted by Gasteiger charge is -2.30. The fraction of sp³-hybridized carbons (Fsp3) is 0.467. The lowest BCUT2D eigenvalue weighted by atomic mass is 9.92. The summed E-state index contributed by atoms with van der Waals surface area (Å²) in [5.41, 5.74) is -0.727. The summed E-state index contributed by atoms with van der Waals surface area (Å²) in [5.74, 6) is -0.526. The second-order valence-corrected chi connectivity index (χ2v) is 4.59. The molecule has 0 amide bonds. The number of hydrogen-bond acceptors (Lipinski definition) is 3. The third-order valence-electron chi connectivity index (χ3n) is 3.00. The molecule has 4 heteroatoms. The van der Waals surface area contributed by atoms with E-state index in [4.69, 9.17) is 4.74 Å². The summed E-state index contributed by atoms with van der Waals surface area (Å²) in [5, 5.41) is 9.48. The zero-order chi connectivity index (χ0) is 14.3. The summed E-state index contributed by atoms with van der Waals surface area (Å²) in [6, 6.07) is 6.58. The fourth-order valence-electron chi connectivity index (χ4n) is 2.17. The van der Waals surface area contributed by atoms with Crippen molar-refractivity contribution in [3.8, 4) is 5.75 Å². The van der Waals surface area contributed by atoms with Crippen LogP contribution in [-0.2, 0) is 4.79 Å². The maximum absolute atomic E-state index is 11.6. The molecule has 104 valence electrons. The molecule has 0 heterocycles. The number of rotatable bonds is 8. The molecule has 0 saturated carbocycles. The minimum absolute atomic E-state index is 0.425. The maximum Gasteiger partial charge on any atom is 0.348 e. The van der Waals surface area contributed by atoms with Gasteiger partial charge < -0.3 is 9.84 Å². The largest absolute Gasteiger partial charge is 0.478 e. The van der Waals surface area contributed by atoms with Gasteiger partial charge in [0.15, 0.2) is 0 Å². The van der Waals surface area contributed by atoms with Gasteiger partial charge in [-0.15, -0.1) is 0 Å². The number of aldehydes is 1. The zero-order valence-electron chi connectivity index (χ0n) is 11.4. The van der Waals surface area contributed by atoms with Crippen molar-refractivity contribution in [1.82, 2.24) is 0 Å². The van der Waals surface area contributed by atoms with E-state index in [1.165, 1.54) is 0 Å². The standard InChI is InChI=1S/C15H20O4/c1-3-8-15(9-4-2,14(17)18)19-13-7-5-6-12(10-13)11-16/h5-7,10-11H,3-4,8-9H2,1-2H3,(H,17,18). The molecular formula is C15H20O4. The molecule has 0 aliphatic rings. The predicted molar refractivity (Wildman–Crippen MR) is 72.6 cm³/mol. The van der Waals surface area contributed by atoms with Crippen LogP contribution in [0.5, 0.6) is 5.75 Å². The number of aliphatic carboxylic acids is 1. The Bertz CT molecular complexity index is 434. The Hall–Kier alpha value is -1.84. The third kappa shape index (κ3) is 3.81. The number of hydrogen-bond donors (Lipinski definition) is 1. The minimum Gasteiger partial charge on any atom is -0.478 e. The van der Waals surface area contributed by atoms with Crippen molar-refractivity contribution in [2.45, 2.75) is 45.1 Å². The summed E-state index contributed by atoms with van der Waals surface area (Å²) in [7, 11) is 0. The van der Waals surface area contributed by atoms with Gasteiger partial charge in [0.05, 0.1) is 0 Å². The van der Waals surface area contributed by atoms with Crippen LogP contribution >= 0.6 is 0 Å². The highest BCUT2D eigenvalue weighted by atomic mass is 16.5. The Morgan fingerprint density at radius 1 is 1.32 bits per heavy atom. The van der Waals surface area contributed by atoms with Gasteiger partial charge in [-0.25, -0.2) is 4.79 Å². The molecule has 1 aromatic rings. The van der Waals surface area contributed by atoms with Crippen LogP contribution in [0.3, 0.4) is 0 Å². The van der Waals surface area contributed by atoms with Crippen LogP contribution in [-0.4, -0.2) is 23.0 Å². The predicted octanol–water partition coefficient (Wildman–Crippen LogP) is 3.30. The molecule has 4 nitrogen and oxygen atoms in total. The second-order valence-electron chi connectivity index (χ2n) is 4.59. The van der Waals surface area contributed by atoms with Gasteiger partial charge in [0.2, 0.25) is 5.60 Å². The molecular weight excluding hydrogens is 244 g/mol. The molecule has 0 aromatic heterocycles. The summed E-state index contributed by atoms with van der Waals surface area (Å²) >= 11 is 0. The van der Waals surface area contributed by atoms with E-state index in [9.17, 15) is 14.7 Å². The topological polar surface area (TPSA) is 63.6 Å². The van der Waals surface area contributed by atoms with Crippen molar-refractivity contribution in [2.75, 3.05) is 0 Å². The monoisotopic (exact) mass is 264 g/mol. The van der Waals surface area contributed by atoms with Gasteiger partial charge >= 0.3 is 5.97 Å². The number of carboxylic acids is 1. The first-order valence-electron chi connectivity index (χ1n) is 6.55. The molecule has 0 aliphatic heterocycles. The Balaban J connectivity index is 3.04. The van der Waals surface area contributed by atoms with E-state index in [1.807, 2.05) is 13.8 Å². The van der Waals surface area contributed by atoms with Crippen LogP contribution in [0.1, 0.15) is 49.9 Å². The fourth-order valence-corrected chi connectivity index (χ4v) is 2.17. The van der Waals surface area contributed by atoms with Crippen molar-refractivity contribution < 1.29 is 19.4 Å². The number of carbonyl (C=O) groups excluding carboxylic acids is 1. The molecule has 0 saturated heterocycles. The summed E-state index contributed by atoms with van der Waals surface area (Å²) in [6.45, 7) is 3.86. The molecule has 0 unspecified atom stereocenters. The van der Waals surface area contributed by atoms with Crippen molar-refractivity contribution in [2.24, 2.45) is 0 Å². The lowest BCUT2D eigenvalue weighted by Crippen LogP contribution is -2.44. The first-order chi connectivity index (χ1) is 9.07. The number of ether oxygens (including phenoxy) is 1. The molecule has 0 radical (unpaired) electrons. The van der Waals surface area contributed by atoms with E-state index >= 15 is 0 Å². The minimum atomic E-state index is -1.20. The van der Waals surface area contributed by atoms with E-state index in [0.717, 1.165) is 19.1 Å². The van der Waals surface area contributed by atoms with Crippen LogP contribution < -0.4 is 4.74 Å². The smallest absolute Gasteiger partial charge is 0.348 e. The van der Waals surface area contributed by atoms with E-state index < -0.39 is 11.6 Å². The summed E-state index contributed by atoms with van der Waals surface area (Å²) in [6.07, 6.45) is 3.05. The average molecular weight is 264 g/mol. The normalized spacial score (nSPS) is 11.1. The molecule has 0 atom stereocenters. The number of carboxylic acid groups (broad SMARTS) is 1. The van der Waals surface area contributed by atoms with Crippen LogP contribution in [0, 0.1) is 0 Å². The highest BCUT2D eigenvalue weighted by Crippen LogP contribution is 2.28. The average Bonchev–Trinajstić information content (AvgIpc) is 2.39. The van der Waals surface area contributed by atoms with Crippen molar-refractivity contribution >= 4 is 12.3 Å². The molecule has 0 aliphatic carbocycles. The molecule has 1 N–H and O–H groups in total. The third-order valence-corrected chi connectivity index (χ3v) is 3.00. The van der Waals surface area contributed by atoms with Gasteiger partial charge in [-0.1, -0.05) is 38.8 Å². The van der Waals surface area contributed by atoms with E-state index in [1.54, 1.807) is 24.3 Å². The molecule has 0 spiro atoms. The maximum atomic E-state index is 11.6. The van der Waals surface area contributed by atoms with Gasteiger partial charge in [0, 0.05) is 5.56 Å². The van der Waals surface area contributed by atoms with Crippen LogP contribution in [0.25, 0.3) is 0 Å². The second kappa shape index (κ2) is 6.92. The zero-order valence-corrected chi connectivity index (χ0v) is 11.4. The summed E-state index contributed by atoms with van der Waals surface area (Å²) in [4.78, 5) is 22.3. The van der Waals surface area contributed by atoms with Gasteiger partial charge in [-0.3, -0.25) is 4.79 Å². The SMILES string of the molecule is CCCC(CCC)(Oc1cccc(C=O)c1)C(=O)O. The van der Waals surface area contributed by atoms with Crippen molar-refractivity contribution in [3.05, 3.63) is 29.8 Å². The van der Waals surface area contributed by atoms with Crippen LogP contribution in [0.4, 0.5) is 0 Å². The molecule has 0 fully saturated rings. The molecule has 19 heavy (non-hydrogen) atoms. The number of carbonyl (C=O) groups is 2. The Morgan fingerprint density at radius 2 is 1.95 bits per heavy atom. The van der Waals surface area contributed by atoms with Gasteiger partial charge in [0.1, 0.15) is 12.0 Å².